The minimum Gasteiger partial charge on any atom is -0.396 e. The second kappa shape index (κ2) is 5.80. The maximum absolute atomic E-state index is 8.82. The number of aliphatic hydroxyl groups is 1. The fraction of sp³-hybridized carbons (Fsp3) is 0.667. The molecule has 0 atom stereocenters. The van der Waals surface area contributed by atoms with Gasteiger partial charge in [-0.05, 0) is 25.2 Å². The predicted molar refractivity (Wildman–Crippen MR) is 65.4 cm³/mol. The Morgan fingerprint density at radius 3 is 2.62 bits per heavy atom. The minimum absolute atomic E-state index is 0.159. The summed E-state index contributed by atoms with van der Waals surface area (Å²) in [5.74, 6) is 0.847. The van der Waals surface area contributed by atoms with Gasteiger partial charge in [-0.25, -0.2) is 4.98 Å². The third-order valence-electron chi connectivity index (χ3n) is 2.63. The van der Waals surface area contributed by atoms with Crippen LogP contribution in [0.5, 0.6) is 0 Å². The van der Waals surface area contributed by atoms with Crippen LogP contribution in [0.2, 0.25) is 0 Å². The van der Waals surface area contributed by atoms with Crippen LogP contribution < -0.4 is 5.32 Å². The minimum atomic E-state index is 0.159. The highest BCUT2D eigenvalue weighted by Gasteiger charge is 2.17. The van der Waals surface area contributed by atoms with Crippen molar-refractivity contribution in [3.8, 4) is 0 Å². The summed E-state index contributed by atoms with van der Waals surface area (Å²) in [5.41, 5.74) is 1.08. The first-order chi connectivity index (χ1) is 7.55. The van der Waals surface area contributed by atoms with Crippen LogP contribution >= 0.6 is 0 Å². The normalized spacial score (nSPS) is 11.5. The van der Waals surface area contributed by atoms with E-state index in [0.717, 1.165) is 30.9 Å². The first-order valence-corrected chi connectivity index (χ1v) is 5.67. The molecule has 1 rings (SSSR count). The molecule has 0 saturated heterocycles. The lowest BCUT2D eigenvalue weighted by molar-refractivity contribution is 0.248. The third kappa shape index (κ3) is 4.14. The van der Waals surface area contributed by atoms with Gasteiger partial charge in [0, 0.05) is 25.5 Å². The summed E-state index contributed by atoms with van der Waals surface area (Å²) in [7, 11) is 0. The zero-order valence-corrected chi connectivity index (χ0v) is 10.3. The largest absolute Gasteiger partial charge is 0.396 e. The molecule has 0 radical (unpaired) electrons. The van der Waals surface area contributed by atoms with Crippen molar-refractivity contribution in [1.82, 2.24) is 9.97 Å². The van der Waals surface area contributed by atoms with E-state index in [9.17, 15) is 0 Å². The zero-order chi connectivity index (χ0) is 12.0. The number of nitrogens with one attached hydrogen (secondary N) is 1. The molecule has 0 aliphatic rings. The molecule has 1 aromatic heterocycles. The van der Waals surface area contributed by atoms with Crippen LogP contribution in [-0.2, 0) is 0 Å². The highest BCUT2D eigenvalue weighted by Crippen LogP contribution is 2.22. The van der Waals surface area contributed by atoms with E-state index < -0.39 is 0 Å². The van der Waals surface area contributed by atoms with Crippen molar-refractivity contribution in [2.45, 2.75) is 33.6 Å². The van der Waals surface area contributed by atoms with Gasteiger partial charge < -0.3 is 10.4 Å². The Morgan fingerprint density at radius 1 is 1.31 bits per heavy atom. The van der Waals surface area contributed by atoms with Crippen LogP contribution in [0.3, 0.4) is 0 Å². The number of aryl methyl sites for hydroxylation is 1. The number of hydrogen-bond acceptors (Lipinski definition) is 4. The molecular weight excluding hydrogens is 202 g/mol. The molecule has 0 spiro atoms. The van der Waals surface area contributed by atoms with Crippen LogP contribution in [0.1, 0.15) is 32.4 Å². The molecule has 0 unspecified atom stereocenters. The van der Waals surface area contributed by atoms with Gasteiger partial charge in [-0.1, -0.05) is 13.8 Å². The molecule has 0 fully saturated rings. The van der Waals surface area contributed by atoms with E-state index in [1.54, 1.807) is 12.4 Å². The van der Waals surface area contributed by atoms with Crippen LogP contribution in [0.25, 0.3) is 0 Å². The lowest BCUT2D eigenvalue weighted by Gasteiger charge is -2.25. The van der Waals surface area contributed by atoms with E-state index in [1.807, 2.05) is 6.92 Å². The van der Waals surface area contributed by atoms with E-state index >= 15 is 0 Å². The molecule has 0 aromatic carbocycles. The van der Waals surface area contributed by atoms with Crippen LogP contribution in [0, 0.1) is 12.3 Å². The summed E-state index contributed by atoms with van der Waals surface area (Å²) in [5, 5.41) is 12.1. The maximum atomic E-state index is 8.82. The lowest BCUT2D eigenvalue weighted by Crippen LogP contribution is -2.24. The molecule has 0 saturated carbocycles. The Kier molecular flexibility index (Phi) is 4.68. The molecule has 0 aliphatic carbocycles. The summed E-state index contributed by atoms with van der Waals surface area (Å²) < 4.78 is 0. The van der Waals surface area contributed by atoms with Gasteiger partial charge in [0.05, 0.1) is 5.69 Å². The van der Waals surface area contributed by atoms with Crippen LogP contribution in [0.15, 0.2) is 12.4 Å². The molecule has 4 heteroatoms. The molecule has 0 amide bonds. The van der Waals surface area contributed by atoms with Gasteiger partial charge in [0.1, 0.15) is 5.82 Å². The molecular formula is C12H21N3O. The number of aromatic nitrogens is 2. The van der Waals surface area contributed by atoms with Crippen molar-refractivity contribution in [3.05, 3.63) is 18.1 Å². The summed E-state index contributed by atoms with van der Waals surface area (Å²) in [4.78, 5) is 8.42. The molecule has 4 nitrogen and oxygen atoms in total. The van der Waals surface area contributed by atoms with Gasteiger partial charge in [0.25, 0.3) is 0 Å². The molecule has 2 N–H and O–H groups in total. The molecule has 1 aromatic rings. The maximum Gasteiger partial charge on any atom is 0.147 e. The smallest absolute Gasteiger partial charge is 0.147 e. The van der Waals surface area contributed by atoms with Crippen molar-refractivity contribution in [2.75, 3.05) is 18.5 Å². The van der Waals surface area contributed by atoms with E-state index in [0.29, 0.717) is 0 Å². The fourth-order valence-electron chi connectivity index (χ4n) is 1.55. The Morgan fingerprint density at radius 2 is 2.00 bits per heavy atom. The number of aliphatic hydroxyl groups excluding tert-OH is 1. The second-order valence-electron chi connectivity index (χ2n) is 4.84. The second-order valence-corrected chi connectivity index (χ2v) is 4.84. The predicted octanol–water partition coefficient (Wildman–Crippen LogP) is 2.00. The number of rotatable bonds is 6. The standard InChI is InChI=1S/C12H21N3O/c1-10-11(14-7-6-13-10)15-9-12(2,3)5-4-8-16/h6-7,16H,4-5,8-9H2,1-3H3,(H,14,15). The first-order valence-electron chi connectivity index (χ1n) is 5.67. The van der Waals surface area contributed by atoms with Gasteiger partial charge in [0.15, 0.2) is 0 Å². The van der Waals surface area contributed by atoms with Gasteiger partial charge >= 0.3 is 0 Å². The Labute approximate surface area is 97.1 Å². The average molecular weight is 223 g/mol. The summed E-state index contributed by atoms with van der Waals surface area (Å²) in [6, 6.07) is 0. The third-order valence-corrected chi connectivity index (χ3v) is 2.63. The van der Waals surface area contributed by atoms with Crippen molar-refractivity contribution in [1.29, 1.82) is 0 Å². The summed E-state index contributed by atoms with van der Waals surface area (Å²) >= 11 is 0. The van der Waals surface area contributed by atoms with Crippen molar-refractivity contribution in [2.24, 2.45) is 5.41 Å². The lowest BCUT2D eigenvalue weighted by atomic mass is 9.88. The molecule has 90 valence electrons. The highest BCUT2D eigenvalue weighted by molar-refractivity contribution is 5.38. The molecule has 0 aliphatic heterocycles. The van der Waals surface area contributed by atoms with Crippen LogP contribution in [0.4, 0.5) is 5.82 Å². The monoisotopic (exact) mass is 223 g/mol. The fourth-order valence-corrected chi connectivity index (χ4v) is 1.55. The van der Waals surface area contributed by atoms with Gasteiger partial charge in [-0.15, -0.1) is 0 Å². The zero-order valence-electron chi connectivity index (χ0n) is 10.3. The topological polar surface area (TPSA) is 58.0 Å². The quantitative estimate of drug-likeness (QED) is 0.774. The van der Waals surface area contributed by atoms with E-state index in [2.05, 4.69) is 29.1 Å². The van der Waals surface area contributed by atoms with Crippen LogP contribution in [-0.4, -0.2) is 28.2 Å². The average Bonchev–Trinajstić information content (AvgIpc) is 2.26. The van der Waals surface area contributed by atoms with Crippen molar-refractivity contribution >= 4 is 5.82 Å². The Bertz CT molecular complexity index is 326. The number of anilines is 1. The SMILES string of the molecule is Cc1nccnc1NCC(C)(C)CCCO. The van der Waals surface area contributed by atoms with Gasteiger partial charge in [-0.3, -0.25) is 4.98 Å². The molecule has 1 heterocycles. The van der Waals surface area contributed by atoms with E-state index in [4.69, 9.17) is 5.11 Å². The van der Waals surface area contributed by atoms with Gasteiger partial charge in [-0.2, -0.15) is 0 Å². The van der Waals surface area contributed by atoms with Crippen molar-refractivity contribution in [3.63, 3.8) is 0 Å². The summed E-state index contributed by atoms with van der Waals surface area (Å²) in [6.45, 7) is 7.40. The Balaban J connectivity index is 2.47. The van der Waals surface area contributed by atoms with Crippen molar-refractivity contribution < 1.29 is 5.11 Å². The summed E-state index contributed by atoms with van der Waals surface area (Å²) in [6.07, 6.45) is 5.22. The number of hydrogen-bond donors (Lipinski definition) is 2. The van der Waals surface area contributed by atoms with E-state index in [1.165, 1.54) is 0 Å². The van der Waals surface area contributed by atoms with E-state index in [-0.39, 0.29) is 12.0 Å². The number of nitrogens with zero attached hydrogens (tertiary/aromatic N) is 2. The molecule has 0 bridgehead atoms. The highest BCUT2D eigenvalue weighted by atomic mass is 16.2. The Hall–Kier alpha value is -1.16. The van der Waals surface area contributed by atoms with Gasteiger partial charge in [0.2, 0.25) is 0 Å². The molecule has 16 heavy (non-hydrogen) atoms. The first kappa shape index (κ1) is 12.9.